The van der Waals surface area contributed by atoms with E-state index in [-0.39, 0.29) is 0 Å². The Kier molecular flexibility index (Phi) is 5.30. The molecule has 4 aromatic rings. The summed E-state index contributed by atoms with van der Waals surface area (Å²) in [4.78, 5) is 4.82. The maximum atomic E-state index is 6.07. The van der Waals surface area contributed by atoms with Crippen LogP contribution in [0.15, 0.2) is 66.9 Å². The van der Waals surface area contributed by atoms with Gasteiger partial charge in [0.1, 0.15) is 11.6 Å². The minimum Gasteiger partial charge on any atom is -0.367 e. The molecule has 2 aromatic carbocycles. The summed E-state index contributed by atoms with van der Waals surface area (Å²) >= 11 is 0. The number of nitrogens with zero attached hydrogens (tertiary/aromatic N) is 3. The fourth-order valence-electron chi connectivity index (χ4n) is 4.28. The van der Waals surface area contributed by atoms with Gasteiger partial charge >= 0.3 is 0 Å². The SMILES string of the molecule is Cc1c(N[C@H]2CC[C@H](N)CC2)nc2ccnn2c1Nc1ccc(-c2ccccc2)cc1. The molecule has 0 atom stereocenters. The molecule has 0 spiro atoms. The number of nitrogens with one attached hydrogen (secondary N) is 2. The summed E-state index contributed by atoms with van der Waals surface area (Å²) in [7, 11) is 0. The van der Waals surface area contributed by atoms with Gasteiger partial charge in [-0.05, 0) is 55.9 Å². The van der Waals surface area contributed by atoms with Gasteiger partial charge in [-0.25, -0.2) is 4.98 Å². The van der Waals surface area contributed by atoms with Gasteiger partial charge < -0.3 is 16.4 Å². The Labute approximate surface area is 182 Å². The molecule has 5 rings (SSSR count). The van der Waals surface area contributed by atoms with Crippen LogP contribution in [0.4, 0.5) is 17.3 Å². The van der Waals surface area contributed by atoms with E-state index in [0.717, 1.165) is 54.2 Å². The molecule has 0 radical (unpaired) electrons. The third-order valence-electron chi connectivity index (χ3n) is 6.14. The van der Waals surface area contributed by atoms with Gasteiger partial charge in [-0.3, -0.25) is 0 Å². The van der Waals surface area contributed by atoms with Crippen LogP contribution in [0.25, 0.3) is 16.8 Å². The van der Waals surface area contributed by atoms with Crippen LogP contribution in [0.5, 0.6) is 0 Å². The highest BCUT2D eigenvalue weighted by Crippen LogP contribution is 2.30. The van der Waals surface area contributed by atoms with E-state index in [1.165, 1.54) is 11.1 Å². The number of nitrogens with two attached hydrogens (primary N) is 1. The molecule has 4 N–H and O–H groups in total. The molecule has 6 heteroatoms. The molecule has 2 aromatic heterocycles. The standard InChI is InChI=1S/C25H28N6/c1-17-24(28-21-13-9-20(26)10-14-21)30-23-15-16-27-31(23)25(17)29-22-11-7-19(8-12-22)18-5-3-2-4-6-18/h2-8,11-12,15-16,20-21,29H,9-10,13-14,26H2,1H3,(H,28,30)/t20-,21-. The highest BCUT2D eigenvalue weighted by molar-refractivity contribution is 5.71. The summed E-state index contributed by atoms with van der Waals surface area (Å²) in [6.45, 7) is 2.09. The van der Waals surface area contributed by atoms with Crippen LogP contribution in [0, 0.1) is 6.92 Å². The number of benzene rings is 2. The largest absolute Gasteiger partial charge is 0.367 e. The molecular weight excluding hydrogens is 384 g/mol. The maximum absolute atomic E-state index is 6.07. The molecular formula is C25H28N6. The van der Waals surface area contributed by atoms with Crippen molar-refractivity contribution < 1.29 is 0 Å². The number of aromatic nitrogens is 3. The van der Waals surface area contributed by atoms with E-state index in [1.807, 2.05) is 16.6 Å². The van der Waals surface area contributed by atoms with Crippen LogP contribution in [0.1, 0.15) is 31.2 Å². The lowest BCUT2D eigenvalue weighted by Gasteiger charge is -2.28. The van der Waals surface area contributed by atoms with Crippen molar-refractivity contribution >= 4 is 23.0 Å². The van der Waals surface area contributed by atoms with E-state index in [1.54, 1.807) is 6.20 Å². The zero-order chi connectivity index (χ0) is 21.2. The highest BCUT2D eigenvalue weighted by atomic mass is 15.3. The summed E-state index contributed by atoms with van der Waals surface area (Å²) in [6.07, 6.45) is 6.07. The monoisotopic (exact) mass is 412 g/mol. The molecule has 1 fully saturated rings. The third kappa shape index (κ3) is 4.11. The van der Waals surface area contributed by atoms with Crippen LogP contribution in [0.3, 0.4) is 0 Å². The van der Waals surface area contributed by atoms with Crippen molar-refractivity contribution in [3.8, 4) is 11.1 Å². The van der Waals surface area contributed by atoms with Crippen molar-refractivity contribution in [2.45, 2.75) is 44.7 Å². The smallest absolute Gasteiger partial charge is 0.159 e. The van der Waals surface area contributed by atoms with Crippen LogP contribution < -0.4 is 16.4 Å². The average molecular weight is 413 g/mol. The quantitative estimate of drug-likeness (QED) is 0.423. The molecule has 0 saturated heterocycles. The van der Waals surface area contributed by atoms with Crippen molar-refractivity contribution in [3.05, 3.63) is 72.4 Å². The van der Waals surface area contributed by atoms with Crippen LogP contribution in [-0.4, -0.2) is 26.7 Å². The first kappa shape index (κ1) is 19.6. The molecule has 0 unspecified atom stereocenters. The van der Waals surface area contributed by atoms with E-state index in [9.17, 15) is 0 Å². The summed E-state index contributed by atoms with van der Waals surface area (Å²) in [5.74, 6) is 1.84. The second-order valence-electron chi connectivity index (χ2n) is 8.36. The summed E-state index contributed by atoms with van der Waals surface area (Å²) < 4.78 is 1.86. The van der Waals surface area contributed by atoms with Crippen molar-refractivity contribution in [2.24, 2.45) is 5.73 Å². The zero-order valence-corrected chi connectivity index (χ0v) is 17.8. The van der Waals surface area contributed by atoms with E-state index in [0.29, 0.717) is 12.1 Å². The average Bonchev–Trinajstić information content (AvgIpc) is 3.27. The van der Waals surface area contributed by atoms with E-state index in [2.05, 4.69) is 71.2 Å². The van der Waals surface area contributed by atoms with Crippen molar-refractivity contribution in [1.29, 1.82) is 0 Å². The first-order valence-corrected chi connectivity index (χ1v) is 11.0. The first-order valence-electron chi connectivity index (χ1n) is 11.0. The number of fused-ring (bicyclic) bond motifs is 1. The lowest BCUT2D eigenvalue weighted by atomic mass is 9.92. The van der Waals surface area contributed by atoms with Crippen molar-refractivity contribution in [2.75, 3.05) is 10.6 Å². The molecule has 1 aliphatic carbocycles. The minimum atomic E-state index is 0.334. The van der Waals surface area contributed by atoms with E-state index >= 15 is 0 Å². The van der Waals surface area contributed by atoms with Crippen LogP contribution in [-0.2, 0) is 0 Å². The second-order valence-corrected chi connectivity index (χ2v) is 8.36. The fourth-order valence-corrected chi connectivity index (χ4v) is 4.28. The molecule has 0 amide bonds. The number of rotatable bonds is 5. The zero-order valence-electron chi connectivity index (χ0n) is 17.8. The Balaban J connectivity index is 1.42. The third-order valence-corrected chi connectivity index (χ3v) is 6.14. The second kappa shape index (κ2) is 8.40. The topological polar surface area (TPSA) is 80.3 Å². The Hall–Kier alpha value is -3.38. The lowest BCUT2D eigenvalue weighted by Crippen LogP contribution is -2.33. The Morgan fingerprint density at radius 3 is 2.35 bits per heavy atom. The molecule has 31 heavy (non-hydrogen) atoms. The summed E-state index contributed by atoms with van der Waals surface area (Å²) in [5.41, 5.74) is 11.4. The van der Waals surface area contributed by atoms with Gasteiger partial charge in [0.2, 0.25) is 0 Å². The Morgan fingerprint density at radius 2 is 1.61 bits per heavy atom. The van der Waals surface area contributed by atoms with E-state index in [4.69, 9.17) is 10.7 Å². The van der Waals surface area contributed by atoms with Crippen LogP contribution >= 0.6 is 0 Å². The Morgan fingerprint density at radius 1 is 0.903 bits per heavy atom. The van der Waals surface area contributed by atoms with Crippen LogP contribution in [0.2, 0.25) is 0 Å². The number of hydrogen-bond acceptors (Lipinski definition) is 5. The summed E-state index contributed by atoms with van der Waals surface area (Å²) in [5, 5.41) is 11.7. The first-order chi connectivity index (χ1) is 15.2. The molecule has 1 aliphatic rings. The van der Waals surface area contributed by atoms with Gasteiger partial charge in [0.05, 0.1) is 6.20 Å². The van der Waals surface area contributed by atoms with Crippen molar-refractivity contribution in [3.63, 3.8) is 0 Å². The van der Waals surface area contributed by atoms with Gasteiger partial charge in [-0.2, -0.15) is 9.61 Å². The lowest BCUT2D eigenvalue weighted by molar-refractivity contribution is 0.410. The normalized spacial score (nSPS) is 18.8. The fraction of sp³-hybridized carbons (Fsp3) is 0.280. The summed E-state index contributed by atoms with van der Waals surface area (Å²) in [6, 6.07) is 21.6. The molecule has 1 saturated carbocycles. The number of anilines is 3. The number of hydrogen-bond donors (Lipinski definition) is 3. The molecule has 158 valence electrons. The molecule has 6 nitrogen and oxygen atoms in total. The molecule has 0 bridgehead atoms. The highest BCUT2D eigenvalue weighted by Gasteiger charge is 2.21. The van der Waals surface area contributed by atoms with Gasteiger partial charge in [0.15, 0.2) is 5.65 Å². The minimum absolute atomic E-state index is 0.334. The van der Waals surface area contributed by atoms with Gasteiger partial charge in [0.25, 0.3) is 0 Å². The van der Waals surface area contributed by atoms with Gasteiger partial charge in [-0.15, -0.1) is 0 Å². The van der Waals surface area contributed by atoms with Gasteiger partial charge in [-0.1, -0.05) is 42.5 Å². The predicted molar refractivity (Wildman–Crippen MR) is 127 cm³/mol. The molecule has 0 aliphatic heterocycles. The van der Waals surface area contributed by atoms with E-state index < -0.39 is 0 Å². The predicted octanol–water partition coefficient (Wildman–Crippen LogP) is 5.13. The van der Waals surface area contributed by atoms with Gasteiger partial charge in [0, 0.05) is 29.4 Å². The Bertz CT molecular complexity index is 1160. The maximum Gasteiger partial charge on any atom is 0.159 e. The van der Waals surface area contributed by atoms with Crippen molar-refractivity contribution in [1.82, 2.24) is 14.6 Å². The molecule has 2 heterocycles.